The maximum Gasteiger partial charge on any atom is 0.228 e. The van der Waals surface area contributed by atoms with E-state index in [1.165, 1.54) is 0 Å². The summed E-state index contributed by atoms with van der Waals surface area (Å²) in [6, 6.07) is 9.69. The number of ether oxygens (including phenoxy) is 1. The molecule has 4 aromatic rings. The highest BCUT2D eigenvalue weighted by Gasteiger charge is 2.30. The normalized spacial score (nSPS) is 12.0. The molecule has 4 nitrogen and oxygen atoms in total. The van der Waals surface area contributed by atoms with E-state index in [2.05, 4.69) is 16.3 Å². The largest absolute Gasteiger partial charge is 0.464 e. The average Bonchev–Trinajstić information content (AvgIpc) is 3.05. The molecule has 0 N–H and O–H groups in total. The van der Waals surface area contributed by atoms with Crippen molar-refractivity contribution in [2.75, 3.05) is 0 Å². The standard InChI is InChI=1S/C20H13N2O2/c1-11-17-15(9-13-5-7-23-20(11)13)24-16-10-14(21-2)8-12-4-6-22(3)19(17)18(12)16/h4-10H,1,3H3/q+1. The Morgan fingerprint density at radius 2 is 1.96 bits per heavy atom. The van der Waals surface area contributed by atoms with Crippen LogP contribution < -0.4 is 9.30 Å². The van der Waals surface area contributed by atoms with Gasteiger partial charge in [0.2, 0.25) is 5.69 Å². The molecule has 0 spiro atoms. The topological polar surface area (TPSA) is 30.6 Å². The van der Waals surface area contributed by atoms with Gasteiger partial charge in [-0.05, 0) is 36.6 Å². The van der Waals surface area contributed by atoms with Crippen LogP contribution in [0.2, 0.25) is 0 Å². The van der Waals surface area contributed by atoms with Crippen molar-refractivity contribution in [3.05, 3.63) is 59.8 Å². The van der Waals surface area contributed by atoms with Crippen molar-refractivity contribution in [2.24, 2.45) is 7.05 Å². The van der Waals surface area contributed by atoms with Crippen LogP contribution in [-0.4, -0.2) is 0 Å². The van der Waals surface area contributed by atoms with Gasteiger partial charge in [-0.15, -0.1) is 0 Å². The van der Waals surface area contributed by atoms with Crippen LogP contribution in [0.3, 0.4) is 0 Å². The number of benzene rings is 2. The first-order valence-corrected chi connectivity index (χ1v) is 7.70. The molecule has 4 heteroatoms. The summed E-state index contributed by atoms with van der Waals surface area (Å²) in [5.74, 6) is 1.54. The highest BCUT2D eigenvalue weighted by Crippen LogP contribution is 2.49. The van der Waals surface area contributed by atoms with Crippen LogP contribution in [0.15, 0.2) is 47.2 Å². The second-order valence-corrected chi connectivity index (χ2v) is 6.11. The van der Waals surface area contributed by atoms with Gasteiger partial charge in [-0.2, -0.15) is 0 Å². The average molecular weight is 313 g/mol. The van der Waals surface area contributed by atoms with E-state index in [9.17, 15) is 0 Å². The molecular formula is C20H13N2O2+. The van der Waals surface area contributed by atoms with Crippen LogP contribution in [-0.2, 0) is 7.05 Å². The third-order valence-electron chi connectivity index (χ3n) is 4.71. The van der Waals surface area contributed by atoms with Crippen molar-refractivity contribution in [2.45, 2.75) is 6.92 Å². The lowest BCUT2D eigenvalue weighted by molar-refractivity contribution is -0.659. The van der Waals surface area contributed by atoms with Crippen molar-refractivity contribution < 1.29 is 13.7 Å². The molecule has 1 aliphatic heterocycles. The van der Waals surface area contributed by atoms with Gasteiger partial charge in [0.15, 0.2) is 11.9 Å². The zero-order valence-corrected chi connectivity index (χ0v) is 13.3. The molecule has 0 amide bonds. The monoisotopic (exact) mass is 313 g/mol. The summed E-state index contributed by atoms with van der Waals surface area (Å²) >= 11 is 0. The van der Waals surface area contributed by atoms with E-state index in [0.717, 1.165) is 50.1 Å². The fourth-order valence-corrected chi connectivity index (χ4v) is 3.64. The molecule has 5 rings (SSSR count). The van der Waals surface area contributed by atoms with E-state index in [1.54, 1.807) is 6.26 Å². The SMILES string of the molecule is [C-]#[N+]c1cc2c3c([n+](C)ccc3c1)-c1c(cc3ccoc3c1C)O2. The molecule has 0 saturated carbocycles. The molecule has 24 heavy (non-hydrogen) atoms. The maximum absolute atomic E-state index is 7.32. The fourth-order valence-electron chi connectivity index (χ4n) is 3.64. The molecule has 3 heterocycles. The third-order valence-corrected chi connectivity index (χ3v) is 4.71. The first kappa shape index (κ1) is 13.1. The van der Waals surface area contributed by atoms with E-state index in [4.69, 9.17) is 15.7 Å². The molecule has 114 valence electrons. The fraction of sp³-hybridized carbons (Fsp3) is 0.100. The number of aryl methyl sites for hydroxylation is 2. The number of nitrogens with zero attached hydrogens (tertiary/aromatic N) is 2. The van der Waals surface area contributed by atoms with E-state index in [0.29, 0.717) is 5.69 Å². The van der Waals surface area contributed by atoms with Gasteiger partial charge in [0, 0.05) is 17.0 Å². The van der Waals surface area contributed by atoms with Crippen molar-refractivity contribution >= 4 is 27.4 Å². The van der Waals surface area contributed by atoms with E-state index < -0.39 is 0 Å². The summed E-state index contributed by atoms with van der Waals surface area (Å²) in [5, 5.41) is 3.07. The smallest absolute Gasteiger partial charge is 0.228 e. The quantitative estimate of drug-likeness (QED) is 0.296. The number of rotatable bonds is 0. The van der Waals surface area contributed by atoms with Gasteiger partial charge < -0.3 is 9.15 Å². The Labute approximate surface area is 138 Å². The van der Waals surface area contributed by atoms with E-state index >= 15 is 0 Å². The summed E-state index contributed by atoms with van der Waals surface area (Å²) < 4.78 is 14.0. The molecule has 0 saturated heterocycles. The molecule has 0 bridgehead atoms. The zero-order chi connectivity index (χ0) is 16.4. The number of fused-ring (bicyclic) bond motifs is 3. The van der Waals surface area contributed by atoms with Gasteiger partial charge >= 0.3 is 0 Å². The van der Waals surface area contributed by atoms with Crippen molar-refractivity contribution in [1.82, 2.24) is 0 Å². The zero-order valence-electron chi connectivity index (χ0n) is 13.3. The van der Waals surface area contributed by atoms with Crippen LogP contribution in [0, 0.1) is 13.5 Å². The second kappa shape index (κ2) is 4.36. The number of pyridine rings is 1. The summed E-state index contributed by atoms with van der Waals surface area (Å²) in [6.45, 7) is 9.38. The van der Waals surface area contributed by atoms with Crippen LogP contribution in [0.4, 0.5) is 5.69 Å². The number of hydrogen-bond acceptors (Lipinski definition) is 2. The summed E-state index contributed by atoms with van der Waals surface area (Å²) in [6.07, 6.45) is 3.73. The van der Waals surface area contributed by atoms with Crippen molar-refractivity contribution in [3.8, 4) is 22.8 Å². The minimum atomic E-state index is 0.585. The lowest BCUT2D eigenvalue weighted by Gasteiger charge is -2.21. The van der Waals surface area contributed by atoms with Gasteiger partial charge in [-0.25, -0.2) is 9.41 Å². The first-order chi connectivity index (χ1) is 11.7. The Morgan fingerprint density at radius 1 is 1.08 bits per heavy atom. The third kappa shape index (κ3) is 1.53. The second-order valence-electron chi connectivity index (χ2n) is 6.11. The Morgan fingerprint density at radius 3 is 2.79 bits per heavy atom. The highest BCUT2D eigenvalue weighted by atomic mass is 16.5. The van der Waals surface area contributed by atoms with Crippen molar-refractivity contribution in [1.29, 1.82) is 0 Å². The maximum atomic E-state index is 7.32. The Balaban J connectivity index is 2.01. The minimum absolute atomic E-state index is 0.585. The van der Waals surface area contributed by atoms with Crippen molar-refractivity contribution in [3.63, 3.8) is 0 Å². The lowest BCUT2D eigenvalue weighted by atomic mass is 9.94. The summed E-state index contributed by atoms with van der Waals surface area (Å²) in [7, 11) is 2.03. The molecular weight excluding hydrogens is 300 g/mol. The molecule has 0 atom stereocenters. The number of aromatic nitrogens is 1. The minimum Gasteiger partial charge on any atom is -0.464 e. The van der Waals surface area contributed by atoms with Crippen LogP contribution in [0.1, 0.15) is 5.56 Å². The lowest BCUT2D eigenvalue weighted by Crippen LogP contribution is -2.31. The molecule has 2 aromatic carbocycles. The Kier molecular flexibility index (Phi) is 2.39. The van der Waals surface area contributed by atoms with Gasteiger partial charge in [-0.1, -0.05) is 0 Å². The van der Waals surface area contributed by atoms with Crippen LogP contribution in [0.25, 0.3) is 37.8 Å². The van der Waals surface area contributed by atoms with Crippen LogP contribution >= 0.6 is 0 Å². The van der Waals surface area contributed by atoms with Gasteiger partial charge in [-0.3, -0.25) is 0 Å². The van der Waals surface area contributed by atoms with Crippen LogP contribution in [0.5, 0.6) is 11.5 Å². The number of hydrogen-bond donors (Lipinski definition) is 0. The molecule has 0 aliphatic carbocycles. The Bertz CT molecular complexity index is 1210. The van der Waals surface area contributed by atoms with Gasteiger partial charge in [0.1, 0.15) is 24.1 Å². The highest BCUT2D eigenvalue weighted by molar-refractivity contribution is 6.05. The summed E-state index contributed by atoms with van der Waals surface area (Å²) in [4.78, 5) is 3.57. The number of furan rings is 1. The molecule has 0 unspecified atom stereocenters. The van der Waals surface area contributed by atoms with Gasteiger partial charge in [0.25, 0.3) is 0 Å². The molecule has 0 radical (unpaired) electrons. The predicted octanol–water partition coefficient (Wildman–Crippen LogP) is 5.04. The Hall–Kier alpha value is -3.32. The molecule has 1 aliphatic rings. The summed E-state index contributed by atoms with van der Waals surface area (Å²) in [5.41, 5.74) is 4.68. The van der Waals surface area contributed by atoms with E-state index in [-0.39, 0.29) is 0 Å². The van der Waals surface area contributed by atoms with Gasteiger partial charge in [0.05, 0.1) is 23.8 Å². The molecule has 0 fully saturated rings. The first-order valence-electron chi connectivity index (χ1n) is 7.70. The molecule has 2 aromatic heterocycles. The predicted molar refractivity (Wildman–Crippen MR) is 91.4 cm³/mol. The van der Waals surface area contributed by atoms with E-state index in [1.807, 2.05) is 43.6 Å².